The maximum atomic E-state index is 5.19. The molecule has 0 radical (unpaired) electrons. The van der Waals surface area contributed by atoms with Gasteiger partial charge in [0.05, 0.1) is 33.5 Å². The van der Waals surface area contributed by atoms with Crippen LogP contribution in [0, 0.1) is 0 Å². The van der Waals surface area contributed by atoms with Gasteiger partial charge in [-0.1, -0.05) is 91.0 Å². The van der Waals surface area contributed by atoms with Crippen molar-refractivity contribution in [3.8, 4) is 44.8 Å². The number of pyridine rings is 5. The Morgan fingerprint density at radius 2 is 0.761 bits per heavy atom. The van der Waals surface area contributed by atoms with Crippen molar-refractivity contribution in [2.24, 2.45) is 0 Å². The fraction of sp³-hybridized carbons (Fsp3) is 0. The Labute approximate surface area is 264 Å². The van der Waals surface area contributed by atoms with E-state index < -0.39 is 0 Å². The summed E-state index contributed by atoms with van der Waals surface area (Å²) >= 11 is 0. The van der Waals surface area contributed by atoms with E-state index in [4.69, 9.17) is 15.0 Å². The summed E-state index contributed by atoms with van der Waals surface area (Å²) < 4.78 is 0. The van der Waals surface area contributed by atoms with Crippen LogP contribution in [0.5, 0.6) is 0 Å². The first-order valence-corrected chi connectivity index (χ1v) is 15.2. The lowest BCUT2D eigenvalue weighted by molar-refractivity contribution is 1.29. The summed E-state index contributed by atoms with van der Waals surface area (Å²) in [7, 11) is 0. The van der Waals surface area contributed by atoms with Crippen LogP contribution in [0.15, 0.2) is 152 Å². The van der Waals surface area contributed by atoms with Gasteiger partial charge in [0.1, 0.15) is 0 Å². The lowest BCUT2D eigenvalue weighted by atomic mass is 9.97. The molecule has 0 aliphatic carbocycles. The van der Waals surface area contributed by atoms with Gasteiger partial charge in [0.15, 0.2) is 0 Å². The lowest BCUT2D eigenvalue weighted by Crippen LogP contribution is -1.94. The van der Waals surface area contributed by atoms with Crippen LogP contribution in [0.2, 0.25) is 0 Å². The largest absolute Gasteiger partial charge is 0.254 e. The van der Waals surface area contributed by atoms with Gasteiger partial charge in [0, 0.05) is 57.5 Å². The van der Waals surface area contributed by atoms with E-state index in [1.54, 1.807) is 0 Å². The maximum absolute atomic E-state index is 5.19. The number of rotatable bonds is 4. The first-order chi connectivity index (χ1) is 22.8. The second-order valence-electron chi connectivity index (χ2n) is 11.4. The lowest BCUT2D eigenvalue weighted by Gasteiger charge is -2.12. The highest BCUT2D eigenvalue weighted by Crippen LogP contribution is 2.34. The fourth-order valence-corrected chi connectivity index (χ4v) is 6.23. The molecule has 0 amide bonds. The summed E-state index contributed by atoms with van der Waals surface area (Å²) in [4.78, 5) is 24.2. The number of nitrogens with zero attached hydrogens (tertiary/aromatic N) is 5. The molecule has 0 aliphatic rings. The Hall–Kier alpha value is -6.33. The molecule has 0 saturated heterocycles. The molecular weight excluding hydrogens is 562 g/mol. The summed E-state index contributed by atoms with van der Waals surface area (Å²) in [6.45, 7) is 0. The molecule has 5 heterocycles. The molecule has 0 bridgehead atoms. The molecule has 0 N–H and O–H groups in total. The molecule has 5 nitrogen and oxygen atoms in total. The summed E-state index contributed by atoms with van der Waals surface area (Å²) in [5.74, 6) is 0. The fourth-order valence-electron chi connectivity index (χ4n) is 6.23. The maximum Gasteiger partial charge on any atom is 0.0965 e. The molecule has 214 valence electrons. The van der Waals surface area contributed by atoms with E-state index in [2.05, 4.69) is 119 Å². The Bertz CT molecular complexity index is 2440. The number of hydrogen-bond acceptors (Lipinski definition) is 5. The van der Waals surface area contributed by atoms with E-state index in [1.165, 1.54) is 11.1 Å². The van der Waals surface area contributed by atoms with Gasteiger partial charge in [0.2, 0.25) is 0 Å². The molecule has 5 heteroatoms. The molecule has 0 aliphatic heterocycles. The quantitative estimate of drug-likeness (QED) is 0.192. The van der Waals surface area contributed by atoms with E-state index in [1.807, 2.05) is 43.0 Å². The molecule has 9 aromatic rings. The number of hydrogen-bond donors (Lipinski definition) is 0. The molecule has 0 unspecified atom stereocenters. The molecule has 0 atom stereocenters. The van der Waals surface area contributed by atoms with Gasteiger partial charge in [-0.05, 0) is 58.7 Å². The molecule has 0 spiro atoms. The highest BCUT2D eigenvalue weighted by molar-refractivity contribution is 6.04. The predicted molar refractivity (Wildman–Crippen MR) is 187 cm³/mol. The first-order valence-electron chi connectivity index (χ1n) is 15.2. The second kappa shape index (κ2) is 10.7. The zero-order valence-electron chi connectivity index (χ0n) is 24.7. The number of benzene rings is 4. The van der Waals surface area contributed by atoms with Crippen LogP contribution >= 0.6 is 0 Å². The minimum Gasteiger partial charge on any atom is -0.254 e. The van der Waals surface area contributed by atoms with Crippen molar-refractivity contribution >= 4 is 43.6 Å². The average Bonchev–Trinajstić information content (AvgIpc) is 3.14. The van der Waals surface area contributed by atoms with Crippen molar-refractivity contribution in [1.29, 1.82) is 0 Å². The molecular formula is C41H25N5. The van der Waals surface area contributed by atoms with E-state index in [9.17, 15) is 0 Å². The predicted octanol–water partition coefficient (Wildman–Crippen LogP) is 9.94. The highest BCUT2D eigenvalue weighted by Gasteiger charge is 2.13. The zero-order valence-corrected chi connectivity index (χ0v) is 24.7. The van der Waals surface area contributed by atoms with Gasteiger partial charge in [-0.15, -0.1) is 0 Å². The van der Waals surface area contributed by atoms with Gasteiger partial charge in [-0.25, -0.2) is 4.98 Å². The second-order valence-corrected chi connectivity index (χ2v) is 11.4. The summed E-state index contributed by atoms with van der Waals surface area (Å²) in [6.07, 6.45) is 7.44. The molecule has 5 aromatic heterocycles. The van der Waals surface area contributed by atoms with Gasteiger partial charge in [0.25, 0.3) is 0 Å². The van der Waals surface area contributed by atoms with E-state index in [0.29, 0.717) is 0 Å². The standard InChI is InChI=1S/C41H25N5/c1-2-6-26(7-3-1)27-10-12-28(13-11-27)33-22-36(34-20-31-16-14-29-8-4-18-42-38(29)40(31)44-24-34)46-37(23-33)35-21-32-17-15-30-9-5-19-43-39(30)41(32)45-25-35/h1-25H. The van der Waals surface area contributed by atoms with Crippen molar-refractivity contribution in [1.82, 2.24) is 24.9 Å². The third-order valence-electron chi connectivity index (χ3n) is 8.59. The smallest absolute Gasteiger partial charge is 0.0965 e. The van der Waals surface area contributed by atoms with Crippen molar-refractivity contribution in [2.75, 3.05) is 0 Å². The Morgan fingerprint density at radius 1 is 0.304 bits per heavy atom. The first kappa shape index (κ1) is 26.1. The van der Waals surface area contributed by atoms with Crippen molar-refractivity contribution in [2.45, 2.75) is 0 Å². The third-order valence-corrected chi connectivity index (χ3v) is 8.59. The van der Waals surface area contributed by atoms with Crippen LogP contribution in [-0.4, -0.2) is 24.9 Å². The SMILES string of the molecule is c1ccc(-c2ccc(-c3cc(-c4cnc5c(ccc6cccnc65)c4)nc(-c4cnc5c(ccc6cccnc65)c4)c3)cc2)cc1. The zero-order chi connectivity index (χ0) is 30.5. The average molecular weight is 588 g/mol. The van der Waals surface area contributed by atoms with Crippen LogP contribution in [0.25, 0.3) is 88.4 Å². The summed E-state index contributed by atoms with van der Waals surface area (Å²) in [6, 6.07) is 44.2. The minimum atomic E-state index is 0.843. The Kier molecular flexibility index (Phi) is 6.06. The van der Waals surface area contributed by atoms with E-state index in [-0.39, 0.29) is 0 Å². The Balaban J connectivity index is 1.20. The molecule has 0 saturated carbocycles. The van der Waals surface area contributed by atoms with Gasteiger partial charge >= 0.3 is 0 Å². The van der Waals surface area contributed by atoms with Crippen LogP contribution < -0.4 is 0 Å². The van der Waals surface area contributed by atoms with Gasteiger partial charge in [-0.3, -0.25) is 19.9 Å². The van der Waals surface area contributed by atoms with Crippen LogP contribution in [0.4, 0.5) is 0 Å². The molecule has 4 aromatic carbocycles. The topological polar surface area (TPSA) is 64.5 Å². The van der Waals surface area contributed by atoms with Crippen LogP contribution in [-0.2, 0) is 0 Å². The van der Waals surface area contributed by atoms with E-state index >= 15 is 0 Å². The summed E-state index contributed by atoms with van der Waals surface area (Å²) in [5, 5.41) is 4.19. The normalized spacial score (nSPS) is 11.5. The number of aromatic nitrogens is 5. The molecule has 0 fully saturated rings. The van der Waals surface area contributed by atoms with E-state index in [0.717, 1.165) is 77.3 Å². The monoisotopic (exact) mass is 587 g/mol. The third kappa shape index (κ3) is 4.54. The van der Waals surface area contributed by atoms with Crippen molar-refractivity contribution in [3.05, 3.63) is 152 Å². The van der Waals surface area contributed by atoms with Crippen molar-refractivity contribution in [3.63, 3.8) is 0 Å². The summed E-state index contributed by atoms with van der Waals surface area (Å²) in [5.41, 5.74) is 11.7. The minimum absolute atomic E-state index is 0.843. The van der Waals surface area contributed by atoms with Gasteiger partial charge in [-0.2, -0.15) is 0 Å². The van der Waals surface area contributed by atoms with Crippen molar-refractivity contribution < 1.29 is 0 Å². The van der Waals surface area contributed by atoms with Crippen LogP contribution in [0.3, 0.4) is 0 Å². The van der Waals surface area contributed by atoms with Gasteiger partial charge < -0.3 is 0 Å². The highest BCUT2D eigenvalue weighted by atomic mass is 14.8. The Morgan fingerprint density at radius 3 is 1.30 bits per heavy atom. The van der Waals surface area contributed by atoms with Crippen LogP contribution in [0.1, 0.15) is 0 Å². The number of fused-ring (bicyclic) bond motifs is 6. The molecule has 9 rings (SSSR count). The molecule has 46 heavy (non-hydrogen) atoms.